The standard InChI is InChI=1S/C11H16N4O2S/c1-6-10(18-9(4-12)14-6)11(17)13-5-8(16)15-7-2-3-7/h7H,2-5,12H2,1H3,(H,13,17)(H,15,16). The zero-order valence-corrected chi connectivity index (χ0v) is 11.0. The molecule has 0 bridgehead atoms. The van der Waals surface area contributed by atoms with Crippen molar-refractivity contribution in [2.75, 3.05) is 6.54 Å². The molecule has 0 aliphatic heterocycles. The molecule has 2 amide bonds. The van der Waals surface area contributed by atoms with Crippen LogP contribution in [0.15, 0.2) is 0 Å². The quantitative estimate of drug-likeness (QED) is 0.695. The average molecular weight is 268 g/mol. The molecule has 6 nitrogen and oxygen atoms in total. The molecule has 0 radical (unpaired) electrons. The van der Waals surface area contributed by atoms with Crippen molar-refractivity contribution < 1.29 is 9.59 Å². The summed E-state index contributed by atoms with van der Waals surface area (Å²) in [4.78, 5) is 27.9. The van der Waals surface area contributed by atoms with Crippen LogP contribution in [0.4, 0.5) is 0 Å². The number of aryl methyl sites for hydroxylation is 1. The molecular formula is C11H16N4O2S. The number of nitrogens with zero attached hydrogens (tertiary/aromatic N) is 1. The third-order valence-electron chi connectivity index (χ3n) is 2.57. The molecule has 2 rings (SSSR count). The summed E-state index contributed by atoms with van der Waals surface area (Å²) in [6.45, 7) is 2.08. The van der Waals surface area contributed by atoms with E-state index in [1.165, 1.54) is 11.3 Å². The highest BCUT2D eigenvalue weighted by Crippen LogP contribution is 2.18. The number of amides is 2. The third-order valence-corrected chi connectivity index (χ3v) is 3.75. The lowest BCUT2D eigenvalue weighted by atomic mass is 10.3. The highest BCUT2D eigenvalue weighted by molar-refractivity contribution is 7.13. The molecule has 0 saturated heterocycles. The Hall–Kier alpha value is -1.47. The van der Waals surface area contributed by atoms with E-state index >= 15 is 0 Å². The molecule has 4 N–H and O–H groups in total. The fraction of sp³-hybridized carbons (Fsp3) is 0.545. The summed E-state index contributed by atoms with van der Waals surface area (Å²) >= 11 is 1.27. The molecule has 1 aromatic rings. The third kappa shape index (κ3) is 3.27. The highest BCUT2D eigenvalue weighted by atomic mass is 32.1. The fourth-order valence-corrected chi connectivity index (χ4v) is 2.36. The first-order valence-corrected chi connectivity index (χ1v) is 6.65. The summed E-state index contributed by atoms with van der Waals surface area (Å²) in [5.41, 5.74) is 6.12. The molecule has 98 valence electrons. The summed E-state index contributed by atoms with van der Waals surface area (Å²) in [5, 5.41) is 6.12. The molecule has 1 heterocycles. The van der Waals surface area contributed by atoms with E-state index in [4.69, 9.17) is 5.73 Å². The van der Waals surface area contributed by atoms with Gasteiger partial charge in [-0.05, 0) is 19.8 Å². The second-order valence-electron chi connectivity index (χ2n) is 4.25. The van der Waals surface area contributed by atoms with Crippen LogP contribution in [0.2, 0.25) is 0 Å². The number of carbonyl (C=O) groups excluding carboxylic acids is 2. The van der Waals surface area contributed by atoms with Crippen LogP contribution >= 0.6 is 11.3 Å². The van der Waals surface area contributed by atoms with E-state index in [1.807, 2.05) is 0 Å². The summed E-state index contributed by atoms with van der Waals surface area (Å²) in [7, 11) is 0. The Morgan fingerprint density at radius 2 is 2.22 bits per heavy atom. The number of thiazole rings is 1. The first-order valence-electron chi connectivity index (χ1n) is 5.84. The SMILES string of the molecule is Cc1nc(CN)sc1C(=O)NCC(=O)NC1CC1. The predicted octanol–water partition coefficient (Wildman–Crippen LogP) is -0.0814. The Morgan fingerprint density at radius 1 is 1.50 bits per heavy atom. The topological polar surface area (TPSA) is 97.1 Å². The second-order valence-corrected chi connectivity index (χ2v) is 5.33. The lowest BCUT2D eigenvalue weighted by Crippen LogP contribution is -2.37. The molecule has 1 aliphatic rings. The lowest BCUT2D eigenvalue weighted by molar-refractivity contribution is -0.120. The zero-order valence-electron chi connectivity index (χ0n) is 10.2. The Morgan fingerprint density at radius 3 is 2.78 bits per heavy atom. The summed E-state index contributed by atoms with van der Waals surface area (Å²) in [6, 6.07) is 0.309. The van der Waals surface area contributed by atoms with E-state index in [0.717, 1.165) is 17.8 Å². The van der Waals surface area contributed by atoms with Crippen molar-refractivity contribution in [3.8, 4) is 0 Å². The molecule has 1 fully saturated rings. The van der Waals surface area contributed by atoms with Crippen LogP contribution in [0.3, 0.4) is 0 Å². The van der Waals surface area contributed by atoms with Crippen LogP contribution in [0, 0.1) is 6.92 Å². The fourth-order valence-electron chi connectivity index (χ4n) is 1.50. The monoisotopic (exact) mass is 268 g/mol. The van der Waals surface area contributed by atoms with Crippen molar-refractivity contribution in [1.82, 2.24) is 15.6 Å². The number of hydrogen-bond acceptors (Lipinski definition) is 5. The van der Waals surface area contributed by atoms with E-state index < -0.39 is 0 Å². The first-order chi connectivity index (χ1) is 8.60. The van der Waals surface area contributed by atoms with Gasteiger partial charge in [0.25, 0.3) is 5.91 Å². The molecular weight excluding hydrogens is 252 g/mol. The number of hydrogen-bond donors (Lipinski definition) is 3. The molecule has 7 heteroatoms. The van der Waals surface area contributed by atoms with Crippen LogP contribution in [0.1, 0.15) is 33.2 Å². The van der Waals surface area contributed by atoms with Gasteiger partial charge in [0.1, 0.15) is 9.88 Å². The van der Waals surface area contributed by atoms with Crippen LogP contribution < -0.4 is 16.4 Å². The van der Waals surface area contributed by atoms with Gasteiger partial charge in [0.05, 0.1) is 12.2 Å². The van der Waals surface area contributed by atoms with Crippen LogP contribution in [0.5, 0.6) is 0 Å². The minimum absolute atomic E-state index is 0.00459. The van der Waals surface area contributed by atoms with Crippen molar-refractivity contribution in [2.24, 2.45) is 5.73 Å². The average Bonchev–Trinajstić information content (AvgIpc) is 3.07. The zero-order chi connectivity index (χ0) is 13.1. The minimum Gasteiger partial charge on any atom is -0.352 e. The number of carbonyl (C=O) groups is 2. The van der Waals surface area contributed by atoms with Gasteiger partial charge < -0.3 is 16.4 Å². The van der Waals surface area contributed by atoms with E-state index in [-0.39, 0.29) is 18.4 Å². The van der Waals surface area contributed by atoms with Crippen molar-refractivity contribution in [2.45, 2.75) is 32.4 Å². The molecule has 1 saturated carbocycles. The Kier molecular flexibility index (Phi) is 3.93. The van der Waals surface area contributed by atoms with Gasteiger partial charge >= 0.3 is 0 Å². The largest absolute Gasteiger partial charge is 0.352 e. The van der Waals surface area contributed by atoms with E-state index in [2.05, 4.69) is 15.6 Å². The van der Waals surface area contributed by atoms with Crippen LogP contribution in [-0.4, -0.2) is 29.4 Å². The van der Waals surface area contributed by atoms with Crippen molar-refractivity contribution in [3.05, 3.63) is 15.6 Å². The first kappa shape index (κ1) is 13.0. The second kappa shape index (κ2) is 5.45. The number of aromatic nitrogens is 1. The van der Waals surface area contributed by atoms with Crippen molar-refractivity contribution >= 4 is 23.2 Å². The van der Waals surface area contributed by atoms with Gasteiger partial charge in [-0.25, -0.2) is 4.98 Å². The Labute approximate surface area is 109 Å². The van der Waals surface area contributed by atoms with E-state index in [9.17, 15) is 9.59 Å². The molecule has 0 aromatic carbocycles. The smallest absolute Gasteiger partial charge is 0.263 e. The minimum atomic E-state index is -0.268. The molecule has 0 unspecified atom stereocenters. The van der Waals surface area contributed by atoms with Crippen molar-refractivity contribution in [3.63, 3.8) is 0 Å². The van der Waals surface area contributed by atoms with Gasteiger partial charge in [-0.3, -0.25) is 9.59 Å². The van der Waals surface area contributed by atoms with Crippen LogP contribution in [0.25, 0.3) is 0 Å². The highest BCUT2D eigenvalue weighted by Gasteiger charge is 2.23. The maximum absolute atomic E-state index is 11.8. The molecule has 1 aliphatic carbocycles. The van der Waals surface area contributed by atoms with Gasteiger partial charge in [-0.1, -0.05) is 0 Å². The Balaban J connectivity index is 1.86. The number of rotatable bonds is 5. The van der Waals surface area contributed by atoms with Gasteiger partial charge in [0.2, 0.25) is 5.91 Å². The molecule has 0 atom stereocenters. The summed E-state index contributed by atoms with van der Waals surface area (Å²) < 4.78 is 0. The Bertz CT molecular complexity index is 468. The van der Waals surface area contributed by atoms with Crippen molar-refractivity contribution in [1.29, 1.82) is 0 Å². The van der Waals surface area contributed by atoms with Gasteiger partial charge in [-0.15, -0.1) is 11.3 Å². The number of nitrogens with one attached hydrogen (secondary N) is 2. The van der Waals surface area contributed by atoms with Gasteiger partial charge in [-0.2, -0.15) is 0 Å². The van der Waals surface area contributed by atoms with Crippen LogP contribution in [-0.2, 0) is 11.3 Å². The normalized spacial score (nSPS) is 14.3. The maximum Gasteiger partial charge on any atom is 0.263 e. The maximum atomic E-state index is 11.8. The predicted molar refractivity (Wildman–Crippen MR) is 68.2 cm³/mol. The summed E-state index contributed by atoms with van der Waals surface area (Å²) in [6.07, 6.45) is 2.07. The number of nitrogens with two attached hydrogens (primary N) is 1. The molecule has 0 spiro atoms. The van der Waals surface area contributed by atoms with Gasteiger partial charge in [0.15, 0.2) is 0 Å². The van der Waals surface area contributed by atoms with E-state index in [1.54, 1.807) is 6.92 Å². The summed E-state index contributed by atoms with van der Waals surface area (Å²) in [5.74, 6) is -0.414. The van der Waals surface area contributed by atoms with E-state index in [0.29, 0.717) is 23.2 Å². The lowest BCUT2D eigenvalue weighted by Gasteiger charge is -2.04. The molecule has 18 heavy (non-hydrogen) atoms. The molecule has 1 aromatic heterocycles. The van der Waals surface area contributed by atoms with Gasteiger partial charge in [0, 0.05) is 12.6 Å².